The molecule has 1 amide bonds. The van der Waals surface area contributed by atoms with Crippen molar-refractivity contribution in [3.63, 3.8) is 0 Å². The summed E-state index contributed by atoms with van der Waals surface area (Å²) in [6, 6.07) is 18.6. The lowest BCUT2D eigenvalue weighted by atomic mass is 10.0. The predicted molar refractivity (Wildman–Crippen MR) is 106 cm³/mol. The summed E-state index contributed by atoms with van der Waals surface area (Å²) in [6.07, 6.45) is 0.695. The number of halogens is 1. The Bertz CT molecular complexity index is 1010. The molecular formula is C22H22FN3O2. The molecule has 0 aliphatic carbocycles. The summed E-state index contributed by atoms with van der Waals surface area (Å²) in [5.41, 5.74) is 0.715. The summed E-state index contributed by atoms with van der Waals surface area (Å²) in [5.74, 6) is -0.649. The van der Waals surface area contributed by atoms with Crippen LogP contribution in [0.5, 0.6) is 0 Å². The van der Waals surface area contributed by atoms with Crippen LogP contribution in [0.15, 0.2) is 71.5 Å². The molecule has 144 valence electrons. The van der Waals surface area contributed by atoms with Gasteiger partial charge in [-0.15, -0.1) is 0 Å². The van der Waals surface area contributed by atoms with Crippen LogP contribution in [0.2, 0.25) is 0 Å². The van der Waals surface area contributed by atoms with Gasteiger partial charge in [0.1, 0.15) is 11.4 Å². The van der Waals surface area contributed by atoms with E-state index in [1.807, 2.05) is 30.3 Å². The molecule has 0 unspecified atom stereocenters. The van der Waals surface area contributed by atoms with Crippen molar-refractivity contribution in [3.05, 3.63) is 88.5 Å². The van der Waals surface area contributed by atoms with E-state index in [1.54, 1.807) is 32.0 Å². The van der Waals surface area contributed by atoms with Crippen LogP contribution in [0, 0.1) is 5.82 Å². The van der Waals surface area contributed by atoms with Gasteiger partial charge < -0.3 is 5.32 Å². The molecule has 0 radical (unpaired) electrons. The molecule has 0 saturated heterocycles. The van der Waals surface area contributed by atoms with Crippen LogP contribution in [0.4, 0.5) is 4.39 Å². The fourth-order valence-corrected chi connectivity index (χ4v) is 2.86. The van der Waals surface area contributed by atoms with E-state index in [0.717, 1.165) is 5.56 Å². The zero-order chi connectivity index (χ0) is 20.1. The van der Waals surface area contributed by atoms with E-state index in [0.29, 0.717) is 24.2 Å². The number of aromatic nitrogens is 2. The molecule has 6 heteroatoms. The van der Waals surface area contributed by atoms with Crippen molar-refractivity contribution in [1.82, 2.24) is 15.1 Å². The van der Waals surface area contributed by atoms with E-state index < -0.39 is 5.54 Å². The van der Waals surface area contributed by atoms with Gasteiger partial charge >= 0.3 is 0 Å². The number of nitrogens with one attached hydrogen (secondary N) is 1. The molecule has 5 nitrogen and oxygen atoms in total. The first kappa shape index (κ1) is 19.5. The predicted octanol–water partition coefficient (Wildman–Crippen LogP) is 3.14. The number of hydrogen-bond acceptors (Lipinski definition) is 3. The van der Waals surface area contributed by atoms with Gasteiger partial charge in [-0.1, -0.05) is 30.3 Å². The maximum absolute atomic E-state index is 13.2. The van der Waals surface area contributed by atoms with Gasteiger partial charge in [-0.25, -0.2) is 9.07 Å². The first-order valence-corrected chi connectivity index (χ1v) is 9.07. The second kappa shape index (κ2) is 8.17. The number of rotatable bonds is 6. The van der Waals surface area contributed by atoms with Crippen LogP contribution < -0.4 is 10.9 Å². The quantitative estimate of drug-likeness (QED) is 0.716. The van der Waals surface area contributed by atoms with Crippen LogP contribution in [-0.2, 0) is 16.8 Å². The summed E-state index contributed by atoms with van der Waals surface area (Å²) in [6.45, 7) is 3.75. The minimum Gasteiger partial charge on any atom is -0.354 e. The Morgan fingerprint density at radius 1 is 1.04 bits per heavy atom. The SMILES string of the molecule is CC(C)(C(=O)NCCc1ccccc1)n1nc(-c2ccc(F)cc2)ccc1=O. The lowest BCUT2D eigenvalue weighted by Gasteiger charge is -2.25. The third-order valence-electron chi connectivity index (χ3n) is 4.57. The standard InChI is InChI=1S/C22H22FN3O2/c1-22(2,21(28)24-15-14-16-6-4-3-5-7-16)26-20(27)13-12-19(25-26)17-8-10-18(23)11-9-17/h3-13H,14-15H2,1-2H3,(H,24,28). The van der Waals surface area contributed by atoms with Crippen LogP contribution in [0.1, 0.15) is 19.4 Å². The minimum absolute atomic E-state index is 0.297. The zero-order valence-electron chi connectivity index (χ0n) is 15.9. The number of hydrogen-bond donors (Lipinski definition) is 1. The fourth-order valence-electron chi connectivity index (χ4n) is 2.86. The van der Waals surface area contributed by atoms with Gasteiger partial charge in [-0.3, -0.25) is 9.59 Å². The highest BCUT2D eigenvalue weighted by atomic mass is 19.1. The number of carbonyl (C=O) groups is 1. The number of nitrogens with zero attached hydrogens (tertiary/aromatic N) is 2. The van der Waals surface area contributed by atoms with Gasteiger partial charge in [0.05, 0.1) is 5.69 Å². The highest BCUT2D eigenvalue weighted by Gasteiger charge is 2.32. The number of carbonyl (C=O) groups excluding carboxylic acids is 1. The Morgan fingerprint density at radius 2 is 1.71 bits per heavy atom. The maximum Gasteiger partial charge on any atom is 0.267 e. The van der Waals surface area contributed by atoms with Crippen molar-refractivity contribution in [2.75, 3.05) is 6.54 Å². The number of amides is 1. The molecule has 0 aliphatic rings. The molecule has 1 N–H and O–H groups in total. The summed E-state index contributed by atoms with van der Waals surface area (Å²) >= 11 is 0. The van der Waals surface area contributed by atoms with Crippen molar-refractivity contribution in [3.8, 4) is 11.3 Å². The van der Waals surface area contributed by atoms with Crippen molar-refractivity contribution >= 4 is 5.91 Å². The zero-order valence-corrected chi connectivity index (χ0v) is 15.9. The molecule has 0 aliphatic heterocycles. The Labute approximate surface area is 162 Å². The molecule has 0 bridgehead atoms. The van der Waals surface area contributed by atoms with E-state index >= 15 is 0 Å². The normalized spacial score (nSPS) is 11.2. The Kier molecular flexibility index (Phi) is 5.68. The molecule has 0 atom stereocenters. The molecule has 3 rings (SSSR count). The first-order valence-electron chi connectivity index (χ1n) is 9.07. The van der Waals surface area contributed by atoms with E-state index in [9.17, 15) is 14.0 Å². The largest absolute Gasteiger partial charge is 0.354 e. The summed E-state index contributed by atoms with van der Waals surface area (Å²) in [5, 5.41) is 7.23. The summed E-state index contributed by atoms with van der Waals surface area (Å²) in [4.78, 5) is 25.1. The molecular weight excluding hydrogens is 357 g/mol. The Balaban J connectivity index is 1.78. The van der Waals surface area contributed by atoms with Crippen molar-refractivity contribution in [2.24, 2.45) is 0 Å². The van der Waals surface area contributed by atoms with E-state index in [4.69, 9.17) is 0 Å². The van der Waals surface area contributed by atoms with E-state index in [-0.39, 0.29) is 17.3 Å². The van der Waals surface area contributed by atoms with Gasteiger partial charge in [0.25, 0.3) is 5.56 Å². The molecule has 2 aromatic carbocycles. The molecule has 0 spiro atoms. The average molecular weight is 379 g/mol. The molecule has 1 heterocycles. The number of benzene rings is 2. The van der Waals surface area contributed by atoms with Crippen molar-refractivity contribution < 1.29 is 9.18 Å². The van der Waals surface area contributed by atoms with Gasteiger partial charge in [0, 0.05) is 18.2 Å². The minimum atomic E-state index is -1.18. The fraction of sp³-hybridized carbons (Fsp3) is 0.227. The third-order valence-corrected chi connectivity index (χ3v) is 4.57. The molecule has 1 aromatic heterocycles. The highest BCUT2D eigenvalue weighted by Crippen LogP contribution is 2.18. The molecule has 0 saturated carbocycles. The summed E-state index contributed by atoms with van der Waals surface area (Å²) < 4.78 is 14.3. The molecule has 28 heavy (non-hydrogen) atoms. The van der Waals surface area contributed by atoms with Gasteiger partial charge in [0.2, 0.25) is 5.91 Å². The van der Waals surface area contributed by atoms with Crippen LogP contribution in [-0.4, -0.2) is 22.2 Å². The van der Waals surface area contributed by atoms with Crippen LogP contribution >= 0.6 is 0 Å². The third kappa shape index (κ3) is 4.34. The second-order valence-corrected chi connectivity index (χ2v) is 7.03. The first-order chi connectivity index (χ1) is 13.4. The topological polar surface area (TPSA) is 64.0 Å². The summed E-state index contributed by atoms with van der Waals surface area (Å²) in [7, 11) is 0. The van der Waals surface area contributed by atoms with Gasteiger partial charge in [-0.05, 0) is 56.2 Å². The van der Waals surface area contributed by atoms with Crippen molar-refractivity contribution in [1.29, 1.82) is 0 Å². The highest BCUT2D eigenvalue weighted by molar-refractivity contribution is 5.83. The lowest BCUT2D eigenvalue weighted by molar-refractivity contribution is -0.128. The van der Waals surface area contributed by atoms with Crippen LogP contribution in [0.25, 0.3) is 11.3 Å². The lowest BCUT2D eigenvalue weighted by Crippen LogP contribution is -2.50. The Morgan fingerprint density at radius 3 is 2.39 bits per heavy atom. The van der Waals surface area contributed by atoms with Gasteiger partial charge in [0.15, 0.2) is 0 Å². The Hall–Kier alpha value is -3.28. The van der Waals surface area contributed by atoms with Gasteiger partial charge in [-0.2, -0.15) is 5.10 Å². The maximum atomic E-state index is 13.2. The van der Waals surface area contributed by atoms with E-state index in [2.05, 4.69) is 10.4 Å². The average Bonchev–Trinajstić information content (AvgIpc) is 2.69. The molecule has 0 fully saturated rings. The molecule has 3 aromatic rings. The second-order valence-electron chi connectivity index (χ2n) is 7.03. The monoisotopic (exact) mass is 379 g/mol. The van der Waals surface area contributed by atoms with Crippen molar-refractivity contribution in [2.45, 2.75) is 25.8 Å². The van der Waals surface area contributed by atoms with Crippen LogP contribution in [0.3, 0.4) is 0 Å². The van der Waals surface area contributed by atoms with E-state index in [1.165, 1.54) is 22.9 Å². The smallest absolute Gasteiger partial charge is 0.267 e.